The van der Waals surface area contributed by atoms with E-state index in [1.54, 1.807) is 12.1 Å². The first-order valence-corrected chi connectivity index (χ1v) is 5.31. The topological polar surface area (TPSA) is 73.6 Å². The Morgan fingerprint density at radius 3 is 2.82 bits per heavy atom. The van der Waals surface area contributed by atoms with Crippen molar-refractivity contribution in [1.29, 1.82) is 0 Å². The number of benzene rings is 1. The van der Waals surface area contributed by atoms with Gasteiger partial charge < -0.3 is 14.8 Å². The number of ether oxygens (including phenoxy) is 2. The van der Waals surface area contributed by atoms with Crippen LogP contribution in [0.2, 0.25) is 0 Å². The van der Waals surface area contributed by atoms with E-state index in [2.05, 4.69) is 5.32 Å². The summed E-state index contributed by atoms with van der Waals surface area (Å²) in [6, 6.07) is 4.78. The van der Waals surface area contributed by atoms with Crippen LogP contribution in [0.15, 0.2) is 18.2 Å². The molecule has 0 bridgehead atoms. The minimum atomic E-state index is -0.468. The molecule has 0 saturated carbocycles. The lowest BCUT2D eigenvalue weighted by Gasteiger charge is -2.08. The largest absolute Gasteiger partial charge is 0.460 e. The standard InChI is InChI=1S/C11H16N2O4/c1-3-16-8-17-11-6-9(7-12-2)4-5-10(11)13(14)15/h4-6,12H,3,7-8H2,1-2H3. The van der Waals surface area contributed by atoms with Crippen molar-refractivity contribution in [1.82, 2.24) is 5.32 Å². The normalized spacial score (nSPS) is 10.2. The van der Waals surface area contributed by atoms with E-state index >= 15 is 0 Å². The Kier molecular flexibility index (Phi) is 5.38. The zero-order chi connectivity index (χ0) is 12.7. The molecule has 0 aromatic heterocycles. The summed E-state index contributed by atoms with van der Waals surface area (Å²) in [6.45, 7) is 2.97. The Morgan fingerprint density at radius 2 is 2.24 bits per heavy atom. The summed E-state index contributed by atoms with van der Waals surface area (Å²) in [6.07, 6.45) is 0. The number of nitro benzene ring substituents is 1. The lowest BCUT2D eigenvalue weighted by atomic mass is 10.2. The molecule has 94 valence electrons. The molecule has 0 atom stereocenters. The van der Waals surface area contributed by atoms with Crippen molar-refractivity contribution >= 4 is 5.69 Å². The molecule has 0 heterocycles. The smallest absolute Gasteiger partial charge is 0.311 e. The fraction of sp³-hybridized carbons (Fsp3) is 0.455. The minimum absolute atomic E-state index is 0.0142. The Labute approximate surface area is 99.7 Å². The predicted molar refractivity (Wildman–Crippen MR) is 63.0 cm³/mol. The zero-order valence-corrected chi connectivity index (χ0v) is 9.93. The fourth-order valence-electron chi connectivity index (χ4n) is 1.33. The summed E-state index contributed by atoms with van der Waals surface area (Å²) in [5, 5.41) is 13.8. The first kappa shape index (κ1) is 13.4. The van der Waals surface area contributed by atoms with Crippen molar-refractivity contribution in [2.75, 3.05) is 20.4 Å². The van der Waals surface area contributed by atoms with Crippen LogP contribution in [0.1, 0.15) is 12.5 Å². The van der Waals surface area contributed by atoms with Gasteiger partial charge in [0, 0.05) is 19.2 Å². The van der Waals surface area contributed by atoms with Crippen LogP contribution in [0, 0.1) is 10.1 Å². The molecule has 17 heavy (non-hydrogen) atoms. The second-order valence-corrected chi connectivity index (χ2v) is 3.34. The van der Waals surface area contributed by atoms with Crippen molar-refractivity contribution in [2.45, 2.75) is 13.5 Å². The monoisotopic (exact) mass is 240 g/mol. The third kappa shape index (κ3) is 4.01. The summed E-state index contributed by atoms with van der Waals surface area (Å²) >= 11 is 0. The lowest BCUT2D eigenvalue weighted by Crippen LogP contribution is -2.07. The molecule has 0 fully saturated rings. The van der Waals surface area contributed by atoms with Crippen LogP contribution in [0.5, 0.6) is 5.75 Å². The van der Waals surface area contributed by atoms with Crippen LogP contribution in [-0.4, -0.2) is 25.4 Å². The predicted octanol–water partition coefficient (Wildman–Crippen LogP) is 1.69. The number of hydrogen-bond donors (Lipinski definition) is 1. The number of nitrogens with one attached hydrogen (secondary N) is 1. The van der Waals surface area contributed by atoms with Gasteiger partial charge in [0.15, 0.2) is 12.5 Å². The maximum Gasteiger partial charge on any atom is 0.311 e. The lowest BCUT2D eigenvalue weighted by molar-refractivity contribution is -0.386. The Bertz CT molecular complexity index is 382. The number of nitrogens with zero attached hydrogens (tertiary/aromatic N) is 1. The molecular formula is C11H16N2O4. The Hall–Kier alpha value is -1.66. The third-order valence-electron chi connectivity index (χ3n) is 2.10. The van der Waals surface area contributed by atoms with Gasteiger partial charge in [-0.2, -0.15) is 0 Å². The van der Waals surface area contributed by atoms with E-state index in [0.717, 1.165) is 5.56 Å². The summed E-state index contributed by atoms with van der Waals surface area (Å²) in [5.74, 6) is 0.233. The molecule has 0 saturated heterocycles. The minimum Gasteiger partial charge on any atom is -0.460 e. The number of rotatable bonds is 7. The first-order valence-electron chi connectivity index (χ1n) is 5.31. The quantitative estimate of drug-likeness (QED) is 0.340. The molecular weight excluding hydrogens is 224 g/mol. The third-order valence-corrected chi connectivity index (χ3v) is 2.10. The fourth-order valence-corrected chi connectivity index (χ4v) is 1.33. The molecule has 0 aliphatic rings. The summed E-state index contributed by atoms with van der Waals surface area (Å²) < 4.78 is 10.2. The van der Waals surface area contributed by atoms with Gasteiger partial charge in [0.1, 0.15) is 0 Å². The highest BCUT2D eigenvalue weighted by Gasteiger charge is 2.15. The molecule has 0 spiro atoms. The van der Waals surface area contributed by atoms with Crippen molar-refractivity contribution in [3.05, 3.63) is 33.9 Å². The van der Waals surface area contributed by atoms with E-state index in [1.807, 2.05) is 14.0 Å². The molecule has 0 aliphatic heterocycles. The van der Waals surface area contributed by atoms with Gasteiger partial charge in [-0.25, -0.2) is 0 Å². The average molecular weight is 240 g/mol. The number of nitro groups is 1. The van der Waals surface area contributed by atoms with Crippen LogP contribution < -0.4 is 10.1 Å². The van der Waals surface area contributed by atoms with E-state index in [9.17, 15) is 10.1 Å². The van der Waals surface area contributed by atoms with Gasteiger partial charge in [0.05, 0.1) is 4.92 Å². The molecule has 1 aromatic carbocycles. The molecule has 0 amide bonds. The van der Waals surface area contributed by atoms with Gasteiger partial charge in [-0.3, -0.25) is 10.1 Å². The second kappa shape index (κ2) is 6.82. The second-order valence-electron chi connectivity index (χ2n) is 3.34. The highest BCUT2D eigenvalue weighted by Crippen LogP contribution is 2.27. The van der Waals surface area contributed by atoms with E-state index < -0.39 is 4.92 Å². The molecule has 1 aromatic rings. The van der Waals surface area contributed by atoms with Gasteiger partial charge in [0.2, 0.25) is 0 Å². The van der Waals surface area contributed by atoms with Gasteiger partial charge in [-0.05, 0) is 25.6 Å². The molecule has 6 nitrogen and oxygen atoms in total. The zero-order valence-electron chi connectivity index (χ0n) is 9.93. The highest BCUT2D eigenvalue weighted by molar-refractivity contribution is 5.48. The van der Waals surface area contributed by atoms with E-state index in [0.29, 0.717) is 13.2 Å². The van der Waals surface area contributed by atoms with Crippen LogP contribution >= 0.6 is 0 Å². The van der Waals surface area contributed by atoms with Crippen molar-refractivity contribution in [2.24, 2.45) is 0 Å². The highest BCUT2D eigenvalue weighted by atomic mass is 16.7. The van der Waals surface area contributed by atoms with Crippen molar-refractivity contribution in [3.63, 3.8) is 0 Å². The van der Waals surface area contributed by atoms with Crippen LogP contribution in [0.25, 0.3) is 0 Å². The van der Waals surface area contributed by atoms with E-state index in [1.165, 1.54) is 6.07 Å². The van der Waals surface area contributed by atoms with Crippen LogP contribution in [0.3, 0.4) is 0 Å². The number of hydrogen-bond acceptors (Lipinski definition) is 5. The van der Waals surface area contributed by atoms with Gasteiger partial charge in [0.25, 0.3) is 0 Å². The van der Waals surface area contributed by atoms with E-state index in [-0.39, 0.29) is 18.2 Å². The SMILES string of the molecule is CCOCOc1cc(CNC)ccc1[N+](=O)[O-]. The van der Waals surface area contributed by atoms with E-state index in [4.69, 9.17) is 9.47 Å². The maximum absolute atomic E-state index is 10.8. The molecule has 1 N–H and O–H groups in total. The molecule has 6 heteroatoms. The van der Waals surface area contributed by atoms with Crippen molar-refractivity contribution in [3.8, 4) is 5.75 Å². The molecule has 0 radical (unpaired) electrons. The van der Waals surface area contributed by atoms with Crippen molar-refractivity contribution < 1.29 is 14.4 Å². The maximum atomic E-state index is 10.8. The Balaban J connectivity index is 2.86. The van der Waals surface area contributed by atoms with Gasteiger partial charge in [-0.15, -0.1) is 0 Å². The molecule has 0 aliphatic carbocycles. The molecule has 0 unspecified atom stereocenters. The average Bonchev–Trinajstić information content (AvgIpc) is 2.30. The molecule has 1 rings (SSSR count). The summed E-state index contributed by atoms with van der Waals surface area (Å²) in [4.78, 5) is 10.3. The van der Waals surface area contributed by atoms with Crippen LogP contribution in [-0.2, 0) is 11.3 Å². The first-order chi connectivity index (χ1) is 8.19. The van der Waals surface area contributed by atoms with Gasteiger partial charge >= 0.3 is 5.69 Å². The summed E-state index contributed by atoms with van der Waals surface area (Å²) in [7, 11) is 1.81. The van der Waals surface area contributed by atoms with Gasteiger partial charge in [-0.1, -0.05) is 6.07 Å². The Morgan fingerprint density at radius 1 is 1.47 bits per heavy atom. The summed E-state index contributed by atoms with van der Waals surface area (Å²) in [5.41, 5.74) is 0.870. The van der Waals surface area contributed by atoms with Crippen LogP contribution in [0.4, 0.5) is 5.69 Å².